The monoisotopic (exact) mass is 185 g/mol. The zero-order valence-electron chi connectivity index (χ0n) is 5.06. The Bertz CT molecular complexity index is 74.7. The molecule has 0 bridgehead atoms. The molecule has 1 aliphatic rings. The molecule has 1 saturated heterocycles. The smallest absolute Gasteiger partial charge is 0.0665 e. The molecule has 2 unspecified atom stereocenters. The van der Waals surface area contributed by atoms with Gasteiger partial charge in [-0.1, -0.05) is 0 Å². The van der Waals surface area contributed by atoms with E-state index in [0.717, 1.165) is 6.61 Å². The maximum atomic E-state index is 5.22. The largest absolute Gasteiger partial charge is 0.290 e. The van der Waals surface area contributed by atoms with Crippen LogP contribution in [0.3, 0.4) is 0 Å². The van der Waals surface area contributed by atoms with Crippen molar-refractivity contribution in [3.63, 3.8) is 0 Å². The summed E-state index contributed by atoms with van der Waals surface area (Å²) in [5, 5.41) is 0. The first-order valence-corrected chi connectivity index (χ1v) is 5.52. The number of nitrogens with one attached hydrogen (secondary N) is 2. The van der Waals surface area contributed by atoms with Crippen LogP contribution in [-0.4, -0.2) is 11.2 Å². The third kappa shape index (κ3) is 3.15. The summed E-state index contributed by atoms with van der Waals surface area (Å²) in [6.07, 6.45) is 0. The summed E-state index contributed by atoms with van der Waals surface area (Å²) in [7, 11) is 1.94. The van der Waals surface area contributed by atoms with Gasteiger partial charge >= 0.3 is 0 Å². The van der Waals surface area contributed by atoms with Crippen LogP contribution in [0, 0.1) is 0 Å². The van der Waals surface area contributed by atoms with Crippen LogP contribution in [0.5, 0.6) is 0 Å². The quantitative estimate of drug-likeness (QED) is 0.628. The Kier molecular flexibility index (Phi) is 4.45. The van der Waals surface area contributed by atoms with E-state index in [4.69, 9.17) is 4.84 Å². The van der Waals surface area contributed by atoms with Crippen molar-refractivity contribution in [3.05, 3.63) is 0 Å². The fourth-order valence-corrected chi connectivity index (χ4v) is 4.10. The van der Waals surface area contributed by atoms with Gasteiger partial charge in [-0.2, -0.15) is 0 Å². The molecular weight excluding hydrogens is 175 g/mol. The van der Waals surface area contributed by atoms with Gasteiger partial charge in [0.1, 0.15) is 0 Å². The molecule has 0 saturated carbocycles. The summed E-state index contributed by atoms with van der Waals surface area (Å²) in [5.41, 5.74) is 0. The third-order valence-corrected chi connectivity index (χ3v) is 3.93. The average molecular weight is 185 g/mol. The van der Waals surface area contributed by atoms with Crippen molar-refractivity contribution in [1.82, 2.24) is 14.3 Å². The fourth-order valence-electron chi connectivity index (χ4n) is 0.410. The lowest BCUT2D eigenvalue weighted by molar-refractivity contribution is 0.00345. The molecule has 1 fully saturated rings. The van der Waals surface area contributed by atoms with Crippen LogP contribution in [0.25, 0.3) is 0 Å². The molecule has 0 aromatic carbocycles. The second kappa shape index (κ2) is 4.87. The molecule has 2 atom stereocenters. The number of rotatable bonds is 2. The summed E-state index contributed by atoms with van der Waals surface area (Å²) >= 11 is 0. The van der Waals surface area contributed by atoms with E-state index < -0.39 is 0 Å². The summed E-state index contributed by atoms with van der Waals surface area (Å²) in [6.45, 7) is 2.75. The Morgan fingerprint density at radius 2 is 2.11 bits per heavy atom. The lowest BCUT2D eigenvalue weighted by atomic mass is 10.9. The topological polar surface area (TPSA) is 36.5 Å². The van der Waals surface area contributed by atoms with Crippen molar-refractivity contribution in [2.75, 3.05) is 6.61 Å². The highest BCUT2D eigenvalue weighted by Crippen LogP contribution is 2.36. The SMILES string of the molecule is CCON1PNPNP1. The molecule has 0 aromatic rings. The van der Waals surface area contributed by atoms with Crippen molar-refractivity contribution < 1.29 is 4.84 Å². The van der Waals surface area contributed by atoms with Crippen molar-refractivity contribution in [1.29, 1.82) is 0 Å². The average Bonchev–Trinajstić information content (AvgIpc) is 1.91. The minimum absolute atomic E-state index is 0.623. The standard InChI is InChI=1S/C2H10N3OP3/c1-2-6-5-8-3-7-4-9-5/h3-4,7-9H,2H2,1H3. The zero-order valence-corrected chi connectivity index (χ0v) is 8.06. The summed E-state index contributed by atoms with van der Waals surface area (Å²) in [6, 6.07) is 0. The molecule has 7 heteroatoms. The predicted octanol–water partition coefficient (Wildman–Crippen LogP) is 0.958. The maximum absolute atomic E-state index is 5.22. The van der Waals surface area contributed by atoms with Gasteiger partial charge in [0.25, 0.3) is 0 Å². The van der Waals surface area contributed by atoms with Gasteiger partial charge in [0.15, 0.2) is 0 Å². The highest BCUT2D eigenvalue weighted by atomic mass is 31.2. The van der Waals surface area contributed by atoms with E-state index in [0.29, 0.717) is 26.6 Å². The van der Waals surface area contributed by atoms with Crippen molar-refractivity contribution >= 4 is 26.6 Å². The van der Waals surface area contributed by atoms with E-state index in [-0.39, 0.29) is 0 Å². The summed E-state index contributed by atoms with van der Waals surface area (Å²) in [5.74, 6) is 0. The molecule has 1 rings (SSSR count). The molecule has 2 N–H and O–H groups in total. The van der Waals surface area contributed by atoms with Gasteiger partial charge < -0.3 is 0 Å². The molecule has 0 aliphatic carbocycles. The van der Waals surface area contributed by atoms with E-state index in [1.807, 2.05) is 11.5 Å². The van der Waals surface area contributed by atoms with Crippen molar-refractivity contribution in [2.45, 2.75) is 6.92 Å². The Balaban J connectivity index is 2.08. The van der Waals surface area contributed by atoms with E-state index in [1.165, 1.54) is 0 Å². The van der Waals surface area contributed by atoms with Crippen molar-refractivity contribution in [3.8, 4) is 0 Å². The second-order valence-corrected chi connectivity index (χ2v) is 5.27. The molecule has 0 aromatic heterocycles. The molecule has 0 radical (unpaired) electrons. The van der Waals surface area contributed by atoms with Crippen LogP contribution in [0.4, 0.5) is 0 Å². The van der Waals surface area contributed by atoms with E-state index in [1.54, 1.807) is 0 Å². The highest BCUT2D eigenvalue weighted by Gasteiger charge is 2.07. The molecule has 4 nitrogen and oxygen atoms in total. The Morgan fingerprint density at radius 3 is 2.67 bits per heavy atom. The van der Waals surface area contributed by atoms with E-state index in [2.05, 4.69) is 9.72 Å². The van der Waals surface area contributed by atoms with Crippen LogP contribution >= 0.6 is 26.6 Å². The molecule has 1 aliphatic heterocycles. The van der Waals surface area contributed by atoms with Gasteiger partial charge in [0, 0.05) is 8.88 Å². The normalized spacial score (nSPS) is 30.3. The lowest BCUT2D eigenvalue weighted by Crippen LogP contribution is -2.16. The summed E-state index contributed by atoms with van der Waals surface area (Å²) in [4.78, 5) is 11.6. The van der Waals surface area contributed by atoms with Crippen LogP contribution < -0.4 is 9.72 Å². The van der Waals surface area contributed by atoms with E-state index >= 15 is 0 Å². The Hall–Kier alpha value is 1.13. The second-order valence-electron chi connectivity index (χ2n) is 1.31. The Morgan fingerprint density at radius 1 is 1.44 bits per heavy atom. The minimum atomic E-state index is 0.623. The van der Waals surface area contributed by atoms with Gasteiger partial charge in [-0.15, -0.1) is 4.60 Å². The first kappa shape index (κ1) is 8.23. The highest BCUT2D eigenvalue weighted by molar-refractivity contribution is 7.65. The molecule has 9 heavy (non-hydrogen) atoms. The minimum Gasteiger partial charge on any atom is -0.290 e. The number of hydrogen-bond donors (Lipinski definition) is 2. The molecule has 0 spiro atoms. The van der Waals surface area contributed by atoms with Crippen molar-refractivity contribution in [2.24, 2.45) is 0 Å². The summed E-state index contributed by atoms with van der Waals surface area (Å²) < 4.78 is 1.91. The molecule has 1 heterocycles. The molecule has 0 amide bonds. The van der Waals surface area contributed by atoms with Crippen LogP contribution in [-0.2, 0) is 4.84 Å². The van der Waals surface area contributed by atoms with Gasteiger partial charge in [-0.3, -0.25) is 14.6 Å². The predicted molar refractivity (Wildman–Crippen MR) is 44.7 cm³/mol. The number of hydrogen-bond acceptors (Lipinski definition) is 4. The van der Waals surface area contributed by atoms with Gasteiger partial charge in [-0.05, 0) is 6.92 Å². The van der Waals surface area contributed by atoms with Crippen LogP contribution in [0.1, 0.15) is 6.92 Å². The van der Waals surface area contributed by atoms with Crippen LogP contribution in [0.2, 0.25) is 0 Å². The lowest BCUT2D eigenvalue weighted by Gasteiger charge is -2.25. The first-order valence-electron chi connectivity index (χ1n) is 2.63. The molecular formula is C2H10N3OP3. The molecule has 54 valence electrons. The third-order valence-electron chi connectivity index (χ3n) is 0.698. The first-order chi connectivity index (χ1) is 4.43. The maximum Gasteiger partial charge on any atom is 0.0665 e. The van der Waals surface area contributed by atoms with E-state index in [9.17, 15) is 0 Å². The van der Waals surface area contributed by atoms with Gasteiger partial charge in [0.05, 0.1) is 24.4 Å². The number of nitrogens with zero attached hydrogens (tertiary/aromatic N) is 1. The van der Waals surface area contributed by atoms with Gasteiger partial charge in [0.2, 0.25) is 0 Å². The van der Waals surface area contributed by atoms with Gasteiger partial charge in [-0.25, -0.2) is 0 Å². The zero-order chi connectivity index (χ0) is 6.53. The van der Waals surface area contributed by atoms with Crippen LogP contribution in [0.15, 0.2) is 0 Å². The Labute approximate surface area is 60.1 Å². The fraction of sp³-hybridized carbons (Fsp3) is 1.00.